The van der Waals surface area contributed by atoms with Crippen LogP contribution in [-0.4, -0.2) is 40.3 Å². The molecule has 170 valence electrons. The van der Waals surface area contributed by atoms with Gasteiger partial charge in [-0.1, -0.05) is 35.9 Å². The number of benzene rings is 2. The molecule has 0 spiro atoms. The number of ether oxygens (including phenoxy) is 1. The molecule has 0 heterocycles. The van der Waals surface area contributed by atoms with Crippen molar-refractivity contribution in [2.24, 2.45) is 0 Å². The normalized spacial score (nSPS) is 11.2. The van der Waals surface area contributed by atoms with Gasteiger partial charge in [0.05, 0.1) is 18.6 Å². The van der Waals surface area contributed by atoms with E-state index in [0.717, 1.165) is 30.4 Å². The molecule has 31 heavy (non-hydrogen) atoms. The average Bonchev–Trinajstić information content (AvgIpc) is 2.71. The van der Waals surface area contributed by atoms with Crippen molar-refractivity contribution in [2.75, 3.05) is 30.3 Å². The molecule has 0 atom stereocenters. The van der Waals surface area contributed by atoms with Crippen LogP contribution in [0, 0.1) is 6.92 Å². The quantitative estimate of drug-likeness (QED) is 0.472. The van der Waals surface area contributed by atoms with E-state index < -0.39 is 10.0 Å². The number of carbonyl (C=O) groups excluding carboxylic acids is 1. The van der Waals surface area contributed by atoms with Crippen LogP contribution in [0.4, 0.5) is 5.69 Å². The van der Waals surface area contributed by atoms with Crippen LogP contribution < -0.4 is 14.4 Å². The van der Waals surface area contributed by atoms with Crippen molar-refractivity contribution in [2.45, 2.75) is 39.5 Å². The lowest BCUT2D eigenvalue weighted by atomic mass is 10.1. The van der Waals surface area contributed by atoms with Crippen LogP contribution in [0.25, 0.3) is 0 Å². The minimum Gasteiger partial charge on any atom is -0.494 e. The Hall–Kier alpha value is -2.25. The SMILES string of the molecule is CCOc1ccccc1CCCNC(=O)CCCN(c1cccc(Cl)c1C)S(C)(=O)=O. The van der Waals surface area contributed by atoms with E-state index in [4.69, 9.17) is 16.3 Å². The molecule has 2 aromatic rings. The zero-order valence-electron chi connectivity index (χ0n) is 18.4. The third kappa shape index (κ3) is 7.74. The fraction of sp³-hybridized carbons (Fsp3) is 0.435. The molecule has 0 fully saturated rings. The molecule has 0 aliphatic carbocycles. The number of rotatable bonds is 12. The zero-order chi connectivity index (χ0) is 22.9. The monoisotopic (exact) mass is 466 g/mol. The highest BCUT2D eigenvalue weighted by Gasteiger charge is 2.20. The van der Waals surface area contributed by atoms with E-state index in [1.54, 1.807) is 25.1 Å². The van der Waals surface area contributed by atoms with Gasteiger partial charge in [0.1, 0.15) is 5.75 Å². The van der Waals surface area contributed by atoms with Crippen LogP contribution in [0.1, 0.15) is 37.3 Å². The maximum absolute atomic E-state index is 12.3. The first-order valence-corrected chi connectivity index (χ1v) is 12.7. The highest BCUT2D eigenvalue weighted by Crippen LogP contribution is 2.28. The lowest BCUT2D eigenvalue weighted by Crippen LogP contribution is -2.32. The molecule has 2 rings (SSSR count). The van der Waals surface area contributed by atoms with Crippen molar-refractivity contribution in [3.63, 3.8) is 0 Å². The molecule has 1 amide bonds. The summed E-state index contributed by atoms with van der Waals surface area (Å²) in [7, 11) is -3.48. The maximum Gasteiger partial charge on any atom is 0.232 e. The Morgan fingerprint density at radius 1 is 1.13 bits per heavy atom. The van der Waals surface area contributed by atoms with Gasteiger partial charge in [-0.05, 0) is 62.4 Å². The summed E-state index contributed by atoms with van der Waals surface area (Å²) in [6.45, 7) is 5.13. The van der Waals surface area contributed by atoms with E-state index in [1.165, 1.54) is 4.31 Å². The third-order valence-electron chi connectivity index (χ3n) is 4.89. The van der Waals surface area contributed by atoms with Crippen molar-refractivity contribution >= 4 is 33.2 Å². The lowest BCUT2D eigenvalue weighted by Gasteiger charge is -2.24. The van der Waals surface area contributed by atoms with Crippen LogP contribution >= 0.6 is 11.6 Å². The second-order valence-electron chi connectivity index (χ2n) is 7.32. The fourth-order valence-corrected chi connectivity index (χ4v) is 4.50. The van der Waals surface area contributed by atoms with E-state index in [2.05, 4.69) is 5.32 Å². The van der Waals surface area contributed by atoms with E-state index in [9.17, 15) is 13.2 Å². The molecule has 2 aromatic carbocycles. The number of hydrogen-bond acceptors (Lipinski definition) is 4. The van der Waals surface area contributed by atoms with Gasteiger partial charge in [-0.2, -0.15) is 0 Å². The smallest absolute Gasteiger partial charge is 0.232 e. The number of carbonyl (C=O) groups is 1. The van der Waals surface area contributed by atoms with Gasteiger partial charge in [0.25, 0.3) is 0 Å². The van der Waals surface area contributed by atoms with Gasteiger partial charge in [-0.25, -0.2) is 8.42 Å². The van der Waals surface area contributed by atoms with Gasteiger partial charge in [0, 0.05) is 24.5 Å². The van der Waals surface area contributed by atoms with Crippen LogP contribution in [0.15, 0.2) is 42.5 Å². The van der Waals surface area contributed by atoms with E-state index >= 15 is 0 Å². The molecule has 0 aromatic heterocycles. The summed E-state index contributed by atoms with van der Waals surface area (Å²) in [4.78, 5) is 12.2. The highest BCUT2D eigenvalue weighted by molar-refractivity contribution is 7.92. The molecule has 0 unspecified atom stereocenters. The number of sulfonamides is 1. The van der Waals surface area contributed by atoms with Gasteiger partial charge in [0.15, 0.2) is 0 Å². The topological polar surface area (TPSA) is 75.7 Å². The lowest BCUT2D eigenvalue weighted by molar-refractivity contribution is -0.121. The van der Waals surface area contributed by atoms with Crippen LogP contribution in [0.3, 0.4) is 0 Å². The predicted octanol–water partition coefficient (Wildman–Crippen LogP) is 4.34. The molecular formula is C23H31ClN2O4S. The minimum absolute atomic E-state index is 0.0886. The van der Waals surface area contributed by atoms with Crippen LogP contribution in [0.5, 0.6) is 5.75 Å². The largest absolute Gasteiger partial charge is 0.494 e. The first-order valence-electron chi connectivity index (χ1n) is 10.4. The number of para-hydroxylation sites is 1. The van der Waals surface area contributed by atoms with Crippen molar-refractivity contribution in [3.05, 3.63) is 58.6 Å². The van der Waals surface area contributed by atoms with Crippen molar-refractivity contribution in [3.8, 4) is 5.75 Å². The molecule has 8 heteroatoms. The van der Waals surface area contributed by atoms with Crippen LogP contribution in [0.2, 0.25) is 5.02 Å². The number of halogens is 1. The number of hydrogen-bond donors (Lipinski definition) is 1. The Balaban J connectivity index is 1.81. The summed E-state index contributed by atoms with van der Waals surface area (Å²) in [6.07, 6.45) is 3.44. The summed E-state index contributed by atoms with van der Waals surface area (Å²) in [5.41, 5.74) is 2.37. The Labute approximate surface area is 190 Å². The molecule has 0 aliphatic heterocycles. The summed E-state index contributed by atoms with van der Waals surface area (Å²) >= 11 is 6.14. The number of aryl methyl sites for hydroxylation is 1. The molecule has 0 radical (unpaired) electrons. The summed E-state index contributed by atoms with van der Waals surface area (Å²) in [6, 6.07) is 13.1. The summed E-state index contributed by atoms with van der Waals surface area (Å²) in [5.74, 6) is 0.794. The van der Waals surface area contributed by atoms with Crippen molar-refractivity contribution < 1.29 is 17.9 Å². The zero-order valence-corrected chi connectivity index (χ0v) is 19.9. The van der Waals surface area contributed by atoms with Gasteiger partial charge in [0.2, 0.25) is 15.9 Å². The predicted molar refractivity (Wildman–Crippen MR) is 127 cm³/mol. The van der Waals surface area contributed by atoms with E-state index in [0.29, 0.717) is 35.8 Å². The number of anilines is 1. The highest BCUT2D eigenvalue weighted by atomic mass is 35.5. The first kappa shape index (κ1) is 25.0. The fourth-order valence-electron chi connectivity index (χ4n) is 3.32. The Morgan fingerprint density at radius 3 is 2.58 bits per heavy atom. The van der Waals surface area contributed by atoms with Gasteiger partial charge >= 0.3 is 0 Å². The second-order valence-corrected chi connectivity index (χ2v) is 9.63. The average molecular weight is 467 g/mol. The van der Waals surface area contributed by atoms with Gasteiger partial charge in [-0.15, -0.1) is 0 Å². The Kier molecular flexibility index (Phi) is 9.65. The molecule has 6 nitrogen and oxygen atoms in total. The number of nitrogens with one attached hydrogen (secondary N) is 1. The summed E-state index contributed by atoms with van der Waals surface area (Å²) < 4.78 is 31.5. The molecular weight excluding hydrogens is 436 g/mol. The molecule has 0 aliphatic rings. The standard InChI is InChI=1S/C23H31ClN2O4S/c1-4-30-22-14-6-5-10-19(22)11-8-16-25-23(27)15-9-17-26(31(3,28)29)21-13-7-12-20(24)18(21)2/h5-7,10,12-14H,4,8-9,11,15-17H2,1-3H3,(H,25,27). The van der Waals surface area contributed by atoms with Gasteiger partial charge in [-0.3, -0.25) is 9.10 Å². The Bertz CT molecular complexity index is 979. The van der Waals surface area contributed by atoms with Crippen molar-refractivity contribution in [1.82, 2.24) is 5.32 Å². The number of amides is 1. The van der Waals surface area contributed by atoms with E-state index in [-0.39, 0.29) is 18.9 Å². The summed E-state index contributed by atoms with van der Waals surface area (Å²) in [5, 5.41) is 3.42. The molecule has 0 saturated heterocycles. The maximum atomic E-state index is 12.3. The first-order chi connectivity index (χ1) is 14.7. The number of nitrogens with zero attached hydrogens (tertiary/aromatic N) is 1. The van der Waals surface area contributed by atoms with Crippen LogP contribution in [-0.2, 0) is 21.2 Å². The van der Waals surface area contributed by atoms with E-state index in [1.807, 2.05) is 31.2 Å². The van der Waals surface area contributed by atoms with Gasteiger partial charge < -0.3 is 10.1 Å². The molecule has 1 N–H and O–H groups in total. The Morgan fingerprint density at radius 2 is 1.87 bits per heavy atom. The molecule has 0 saturated carbocycles. The molecule has 0 bridgehead atoms. The second kappa shape index (κ2) is 12.0. The third-order valence-corrected chi connectivity index (χ3v) is 6.48. The van der Waals surface area contributed by atoms with Crippen molar-refractivity contribution in [1.29, 1.82) is 0 Å². The minimum atomic E-state index is -3.48.